The first-order valence-electron chi connectivity index (χ1n) is 5.67. The van der Waals surface area contributed by atoms with E-state index in [9.17, 15) is 0 Å². The SMILES string of the molecule is CCc1ccsc1CNCc1cccc(Br)n1. The van der Waals surface area contributed by atoms with E-state index in [2.05, 4.69) is 44.6 Å². The van der Waals surface area contributed by atoms with Crippen LogP contribution in [0.4, 0.5) is 0 Å². The Kier molecular flexibility index (Phi) is 4.71. The highest BCUT2D eigenvalue weighted by Crippen LogP contribution is 2.17. The molecule has 2 rings (SSSR count). The van der Waals surface area contributed by atoms with Crippen molar-refractivity contribution in [1.29, 1.82) is 0 Å². The molecule has 0 fully saturated rings. The summed E-state index contributed by atoms with van der Waals surface area (Å²) < 4.78 is 0.891. The Bertz CT molecular complexity index is 482. The number of rotatable bonds is 5. The second kappa shape index (κ2) is 6.28. The minimum Gasteiger partial charge on any atom is -0.306 e. The third kappa shape index (κ3) is 3.63. The summed E-state index contributed by atoms with van der Waals surface area (Å²) in [5.41, 5.74) is 2.51. The monoisotopic (exact) mass is 310 g/mol. The first-order valence-corrected chi connectivity index (χ1v) is 7.34. The Labute approximate surface area is 114 Å². The molecule has 0 saturated carbocycles. The first kappa shape index (κ1) is 12.7. The Morgan fingerprint density at radius 3 is 2.94 bits per heavy atom. The van der Waals surface area contributed by atoms with Gasteiger partial charge in [0.2, 0.25) is 0 Å². The number of aryl methyl sites for hydroxylation is 1. The lowest BCUT2D eigenvalue weighted by Crippen LogP contribution is -2.13. The minimum absolute atomic E-state index is 0.806. The van der Waals surface area contributed by atoms with Gasteiger partial charge >= 0.3 is 0 Å². The molecular formula is C13H15BrN2S. The molecule has 0 aromatic carbocycles. The molecule has 0 aliphatic heterocycles. The van der Waals surface area contributed by atoms with Gasteiger partial charge in [-0.3, -0.25) is 0 Å². The predicted molar refractivity (Wildman–Crippen MR) is 76.2 cm³/mol. The molecule has 0 bridgehead atoms. The molecule has 2 aromatic rings. The second-order valence-electron chi connectivity index (χ2n) is 3.78. The van der Waals surface area contributed by atoms with E-state index in [1.165, 1.54) is 10.4 Å². The zero-order chi connectivity index (χ0) is 12.1. The number of hydrogen-bond donors (Lipinski definition) is 1. The Hall–Kier alpha value is -0.710. The van der Waals surface area contributed by atoms with Crippen LogP contribution in [0.2, 0.25) is 0 Å². The fraction of sp³-hybridized carbons (Fsp3) is 0.308. The Balaban J connectivity index is 1.87. The second-order valence-corrected chi connectivity index (χ2v) is 5.59. The average Bonchev–Trinajstić information content (AvgIpc) is 2.77. The van der Waals surface area contributed by atoms with E-state index >= 15 is 0 Å². The van der Waals surface area contributed by atoms with Crippen molar-refractivity contribution >= 4 is 27.3 Å². The zero-order valence-corrected chi connectivity index (χ0v) is 12.1. The quantitative estimate of drug-likeness (QED) is 0.851. The molecular weight excluding hydrogens is 296 g/mol. The molecule has 2 heterocycles. The zero-order valence-electron chi connectivity index (χ0n) is 9.74. The van der Waals surface area contributed by atoms with Crippen molar-refractivity contribution < 1.29 is 0 Å². The van der Waals surface area contributed by atoms with Crippen molar-refractivity contribution in [3.8, 4) is 0 Å². The number of pyridine rings is 1. The first-order chi connectivity index (χ1) is 8.29. The number of nitrogens with zero attached hydrogens (tertiary/aromatic N) is 1. The van der Waals surface area contributed by atoms with E-state index in [0.717, 1.165) is 29.8 Å². The van der Waals surface area contributed by atoms with Crippen molar-refractivity contribution in [2.75, 3.05) is 0 Å². The minimum atomic E-state index is 0.806. The van der Waals surface area contributed by atoms with E-state index in [-0.39, 0.29) is 0 Å². The maximum Gasteiger partial charge on any atom is 0.106 e. The summed E-state index contributed by atoms with van der Waals surface area (Å²) in [4.78, 5) is 5.83. The van der Waals surface area contributed by atoms with Crippen molar-refractivity contribution in [2.45, 2.75) is 26.4 Å². The molecule has 0 aliphatic carbocycles. The van der Waals surface area contributed by atoms with Crippen LogP contribution in [-0.4, -0.2) is 4.98 Å². The molecule has 0 radical (unpaired) electrons. The van der Waals surface area contributed by atoms with Gasteiger partial charge in [0.25, 0.3) is 0 Å². The molecule has 0 aliphatic rings. The third-order valence-electron chi connectivity index (χ3n) is 2.58. The lowest BCUT2D eigenvalue weighted by molar-refractivity contribution is 0.682. The standard InChI is InChI=1S/C13H15BrN2S/c1-2-10-6-7-17-12(10)9-15-8-11-4-3-5-13(14)16-11/h3-7,15H,2,8-9H2,1H3. The maximum absolute atomic E-state index is 4.39. The van der Waals surface area contributed by atoms with E-state index in [0.29, 0.717) is 0 Å². The van der Waals surface area contributed by atoms with Gasteiger partial charge in [0.05, 0.1) is 5.69 Å². The number of thiophene rings is 1. The van der Waals surface area contributed by atoms with E-state index < -0.39 is 0 Å². The predicted octanol–water partition coefficient (Wildman–Crippen LogP) is 3.76. The van der Waals surface area contributed by atoms with Crippen LogP contribution in [0, 0.1) is 0 Å². The van der Waals surface area contributed by atoms with E-state index in [4.69, 9.17) is 0 Å². The summed E-state index contributed by atoms with van der Waals surface area (Å²) in [7, 11) is 0. The van der Waals surface area contributed by atoms with Gasteiger partial charge in [-0.05, 0) is 51.5 Å². The molecule has 0 spiro atoms. The smallest absolute Gasteiger partial charge is 0.106 e. The maximum atomic E-state index is 4.39. The van der Waals surface area contributed by atoms with Gasteiger partial charge in [-0.1, -0.05) is 13.0 Å². The Morgan fingerprint density at radius 1 is 1.29 bits per heavy atom. The van der Waals surface area contributed by atoms with Crippen LogP contribution < -0.4 is 5.32 Å². The van der Waals surface area contributed by atoms with Gasteiger partial charge in [-0.25, -0.2) is 4.98 Å². The number of aromatic nitrogens is 1. The summed E-state index contributed by atoms with van der Waals surface area (Å²) >= 11 is 5.20. The summed E-state index contributed by atoms with van der Waals surface area (Å²) in [5.74, 6) is 0. The molecule has 2 nitrogen and oxygen atoms in total. The number of halogens is 1. The third-order valence-corrected chi connectivity index (χ3v) is 3.99. The average molecular weight is 311 g/mol. The summed E-state index contributed by atoms with van der Waals surface area (Å²) in [5, 5.41) is 5.59. The largest absolute Gasteiger partial charge is 0.306 e. The molecule has 90 valence electrons. The molecule has 17 heavy (non-hydrogen) atoms. The molecule has 4 heteroatoms. The van der Waals surface area contributed by atoms with Crippen LogP contribution in [0.15, 0.2) is 34.2 Å². The van der Waals surface area contributed by atoms with Crippen molar-refractivity contribution in [2.24, 2.45) is 0 Å². The highest BCUT2D eigenvalue weighted by Gasteiger charge is 2.02. The molecule has 0 amide bonds. The van der Waals surface area contributed by atoms with E-state index in [1.54, 1.807) is 0 Å². The lowest BCUT2D eigenvalue weighted by Gasteiger charge is -2.05. The van der Waals surface area contributed by atoms with Crippen LogP contribution in [0.5, 0.6) is 0 Å². The fourth-order valence-electron chi connectivity index (χ4n) is 1.69. The molecule has 0 unspecified atom stereocenters. The topological polar surface area (TPSA) is 24.9 Å². The van der Waals surface area contributed by atoms with Crippen LogP contribution >= 0.6 is 27.3 Å². The molecule has 2 aromatic heterocycles. The molecule has 0 atom stereocenters. The van der Waals surface area contributed by atoms with Crippen LogP contribution in [0.3, 0.4) is 0 Å². The van der Waals surface area contributed by atoms with Crippen molar-refractivity contribution in [3.63, 3.8) is 0 Å². The summed E-state index contributed by atoms with van der Waals surface area (Å²) in [6, 6.07) is 8.20. The highest BCUT2D eigenvalue weighted by atomic mass is 79.9. The van der Waals surface area contributed by atoms with Crippen molar-refractivity contribution in [1.82, 2.24) is 10.3 Å². The number of hydrogen-bond acceptors (Lipinski definition) is 3. The van der Waals surface area contributed by atoms with Gasteiger partial charge in [0.1, 0.15) is 4.60 Å². The van der Waals surface area contributed by atoms with E-state index in [1.807, 2.05) is 29.5 Å². The van der Waals surface area contributed by atoms with Gasteiger partial charge in [-0.2, -0.15) is 0 Å². The summed E-state index contributed by atoms with van der Waals surface area (Å²) in [6.45, 7) is 3.93. The normalized spacial score (nSPS) is 10.7. The van der Waals surface area contributed by atoms with Crippen LogP contribution in [0.1, 0.15) is 23.1 Å². The van der Waals surface area contributed by atoms with Crippen LogP contribution in [0.25, 0.3) is 0 Å². The van der Waals surface area contributed by atoms with Crippen LogP contribution in [-0.2, 0) is 19.5 Å². The number of nitrogens with one attached hydrogen (secondary N) is 1. The van der Waals surface area contributed by atoms with Gasteiger partial charge < -0.3 is 5.32 Å². The Morgan fingerprint density at radius 2 is 2.18 bits per heavy atom. The van der Waals surface area contributed by atoms with Crippen molar-refractivity contribution in [3.05, 3.63) is 50.4 Å². The van der Waals surface area contributed by atoms with Gasteiger partial charge in [0.15, 0.2) is 0 Å². The lowest BCUT2D eigenvalue weighted by atomic mass is 10.2. The van der Waals surface area contributed by atoms with Gasteiger partial charge in [-0.15, -0.1) is 11.3 Å². The molecule has 0 saturated heterocycles. The summed E-state index contributed by atoms with van der Waals surface area (Å²) in [6.07, 6.45) is 1.11. The molecule has 1 N–H and O–H groups in total. The fourth-order valence-corrected chi connectivity index (χ4v) is 3.02. The highest BCUT2D eigenvalue weighted by molar-refractivity contribution is 9.10. The van der Waals surface area contributed by atoms with Gasteiger partial charge in [0, 0.05) is 18.0 Å².